The van der Waals surface area contributed by atoms with Crippen molar-refractivity contribution in [3.8, 4) is 0 Å². The fourth-order valence-electron chi connectivity index (χ4n) is 3.89. The molecule has 0 saturated carbocycles. The van der Waals surface area contributed by atoms with Gasteiger partial charge < -0.3 is 14.6 Å². The van der Waals surface area contributed by atoms with E-state index >= 15 is 0 Å². The van der Waals surface area contributed by atoms with Crippen LogP contribution in [0.1, 0.15) is 29.4 Å². The maximum Gasteiger partial charge on any atom is 0.312 e. The lowest BCUT2D eigenvalue weighted by Crippen LogP contribution is -2.30. The molecule has 1 saturated heterocycles. The van der Waals surface area contributed by atoms with Crippen LogP contribution in [0.3, 0.4) is 0 Å². The van der Waals surface area contributed by atoms with Gasteiger partial charge in [0.1, 0.15) is 5.82 Å². The van der Waals surface area contributed by atoms with Crippen LogP contribution in [0.15, 0.2) is 48.5 Å². The zero-order valence-corrected chi connectivity index (χ0v) is 16.6. The predicted molar refractivity (Wildman–Crippen MR) is 110 cm³/mol. The molecule has 0 radical (unpaired) electrons. The van der Waals surface area contributed by atoms with Crippen molar-refractivity contribution >= 4 is 34.3 Å². The summed E-state index contributed by atoms with van der Waals surface area (Å²) < 4.78 is 19.4. The Labute approximate surface area is 172 Å². The SMILES string of the molecule is Cc1[nH]c2ccccc2c1C(=O)[C@@H](C)OC(=O)[C@@H]1CC(=O)N(c2ccccc2F)C1. The zero-order chi connectivity index (χ0) is 21.4. The Bertz CT molecular complexity index is 1150. The summed E-state index contributed by atoms with van der Waals surface area (Å²) in [5.74, 6) is -2.59. The van der Waals surface area contributed by atoms with E-state index in [0.29, 0.717) is 11.3 Å². The number of ether oxygens (including phenoxy) is 1. The summed E-state index contributed by atoms with van der Waals surface area (Å²) in [6.07, 6.45) is -1.09. The fraction of sp³-hybridized carbons (Fsp3) is 0.261. The van der Waals surface area contributed by atoms with Gasteiger partial charge in [0.15, 0.2) is 6.10 Å². The van der Waals surface area contributed by atoms with Gasteiger partial charge in [-0.25, -0.2) is 4.39 Å². The molecular weight excluding hydrogens is 387 g/mol. The number of nitrogens with zero attached hydrogens (tertiary/aromatic N) is 1. The molecular formula is C23H21FN2O4. The third kappa shape index (κ3) is 3.47. The van der Waals surface area contributed by atoms with E-state index in [1.54, 1.807) is 13.0 Å². The lowest BCUT2D eigenvalue weighted by Gasteiger charge is -2.18. The van der Waals surface area contributed by atoms with Crippen molar-refractivity contribution in [1.29, 1.82) is 0 Å². The minimum absolute atomic E-state index is 0.0195. The van der Waals surface area contributed by atoms with Crippen molar-refractivity contribution in [3.05, 3.63) is 65.6 Å². The molecule has 2 heterocycles. The minimum atomic E-state index is -1.01. The van der Waals surface area contributed by atoms with Crippen LogP contribution in [0.2, 0.25) is 0 Å². The minimum Gasteiger partial charge on any atom is -0.454 e. The maximum atomic E-state index is 14.0. The van der Waals surface area contributed by atoms with Crippen molar-refractivity contribution in [2.75, 3.05) is 11.4 Å². The summed E-state index contributed by atoms with van der Waals surface area (Å²) in [5, 5.41) is 0.768. The number of fused-ring (bicyclic) bond motifs is 1. The highest BCUT2D eigenvalue weighted by Gasteiger charge is 2.38. The van der Waals surface area contributed by atoms with E-state index in [0.717, 1.165) is 10.9 Å². The second kappa shape index (κ2) is 7.74. The lowest BCUT2D eigenvalue weighted by molar-refractivity contribution is -0.151. The quantitative estimate of drug-likeness (QED) is 0.515. The molecule has 154 valence electrons. The Hall–Kier alpha value is -3.48. The van der Waals surface area contributed by atoms with Gasteiger partial charge in [0, 0.05) is 35.1 Å². The van der Waals surface area contributed by atoms with Gasteiger partial charge in [0.05, 0.1) is 11.6 Å². The van der Waals surface area contributed by atoms with Crippen LogP contribution in [0.5, 0.6) is 0 Å². The van der Waals surface area contributed by atoms with E-state index in [4.69, 9.17) is 4.74 Å². The van der Waals surface area contributed by atoms with Gasteiger partial charge in [-0.2, -0.15) is 0 Å². The molecule has 2 atom stereocenters. The average molecular weight is 408 g/mol. The number of benzene rings is 2. The summed E-state index contributed by atoms with van der Waals surface area (Å²) in [7, 11) is 0. The molecule has 0 bridgehead atoms. The number of nitrogens with one attached hydrogen (secondary N) is 1. The smallest absolute Gasteiger partial charge is 0.312 e. The van der Waals surface area contributed by atoms with Gasteiger partial charge in [-0.15, -0.1) is 0 Å². The van der Waals surface area contributed by atoms with Gasteiger partial charge in [-0.3, -0.25) is 14.4 Å². The van der Waals surface area contributed by atoms with Crippen LogP contribution in [-0.4, -0.2) is 35.3 Å². The summed E-state index contributed by atoms with van der Waals surface area (Å²) in [5.41, 5.74) is 2.15. The maximum absolute atomic E-state index is 14.0. The zero-order valence-electron chi connectivity index (χ0n) is 16.6. The second-order valence-corrected chi connectivity index (χ2v) is 7.47. The molecule has 1 amide bonds. The van der Waals surface area contributed by atoms with Crippen LogP contribution >= 0.6 is 0 Å². The highest BCUT2D eigenvalue weighted by molar-refractivity contribution is 6.11. The Morgan fingerprint density at radius 3 is 2.63 bits per heavy atom. The number of carbonyl (C=O) groups excluding carboxylic acids is 3. The van der Waals surface area contributed by atoms with Gasteiger partial charge in [0.25, 0.3) is 0 Å². The van der Waals surface area contributed by atoms with Crippen molar-refractivity contribution in [2.24, 2.45) is 5.92 Å². The monoisotopic (exact) mass is 408 g/mol. The first-order valence-electron chi connectivity index (χ1n) is 9.73. The van der Waals surface area contributed by atoms with Crippen molar-refractivity contribution < 1.29 is 23.5 Å². The van der Waals surface area contributed by atoms with Crippen molar-refractivity contribution in [2.45, 2.75) is 26.4 Å². The normalized spacial score (nSPS) is 17.4. The number of para-hydroxylation sites is 2. The number of anilines is 1. The van der Waals surface area contributed by atoms with Crippen molar-refractivity contribution in [1.82, 2.24) is 4.98 Å². The van der Waals surface area contributed by atoms with Gasteiger partial charge >= 0.3 is 5.97 Å². The van der Waals surface area contributed by atoms with E-state index in [1.165, 1.54) is 30.0 Å². The largest absolute Gasteiger partial charge is 0.454 e. The molecule has 1 aromatic heterocycles. The number of Topliss-reactive ketones (excluding diaryl/α,β-unsaturated/α-hetero) is 1. The van der Waals surface area contributed by atoms with Gasteiger partial charge in [-0.1, -0.05) is 30.3 Å². The van der Waals surface area contributed by atoms with E-state index in [9.17, 15) is 18.8 Å². The number of hydrogen-bond donors (Lipinski definition) is 1. The van der Waals surface area contributed by atoms with E-state index in [2.05, 4.69) is 4.98 Å². The van der Waals surface area contributed by atoms with Gasteiger partial charge in [0.2, 0.25) is 11.7 Å². The molecule has 0 unspecified atom stereocenters. The predicted octanol–water partition coefficient (Wildman–Crippen LogP) is 3.78. The number of H-pyrrole nitrogens is 1. The number of aryl methyl sites for hydroxylation is 1. The molecule has 6 nitrogen and oxygen atoms in total. The Balaban J connectivity index is 1.47. The lowest BCUT2D eigenvalue weighted by atomic mass is 10.0. The van der Waals surface area contributed by atoms with Crippen LogP contribution in [-0.2, 0) is 14.3 Å². The van der Waals surface area contributed by atoms with Crippen LogP contribution < -0.4 is 4.90 Å². The summed E-state index contributed by atoms with van der Waals surface area (Å²) in [4.78, 5) is 42.3. The highest BCUT2D eigenvalue weighted by atomic mass is 19.1. The van der Waals surface area contributed by atoms with Crippen LogP contribution in [0, 0.1) is 18.7 Å². The fourth-order valence-corrected chi connectivity index (χ4v) is 3.89. The number of rotatable bonds is 5. The first-order chi connectivity index (χ1) is 14.4. The molecule has 7 heteroatoms. The standard InChI is InChI=1S/C23H21FN2O4/c1-13-21(16-7-3-5-9-18(16)25-13)22(28)14(2)30-23(29)15-11-20(27)26(12-15)19-10-6-4-8-17(19)24/h3-10,14-15,25H,11-12H2,1-2H3/t14-,15-/m1/s1. The number of halogens is 1. The number of esters is 1. The number of hydrogen-bond acceptors (Lipinski definition) is 4. The topological polar surface area (TPSA) is 79.5 Å². The number of ketones is 1. The van der Waals surface area contributed by atoms with E-state index < -0.39 is 23.8 Å². The molecule has 3 aromatic rings. The van der Waals surface area contributed by atoms with E-state index in [1.807, 2.05) is 24.3 Å². The molecule has 1 fully saturated rings. The molecule has 30 heavy (non-hydrogen) atoms. The number of amides is 1. The second-order valence-electron chi connectivity index (χ2n) is 7.47. The third-order valence-electron chi connectivity index (χ3n) is 5.40. The molecule has 2 aromatic carbocycles. The Morgan fingerprint density at radius 1 is 1.17 bits per heavy atom. The highest BCUT2D eigenvalue weighted by Crippen LogP contribution is 2.29. The molecule has 1 N–H and O–H groups in total. The Morgan fingerprint density at radius 2 is 1.87 bits per heavy atom. The average Bonchev–Trinajstić information content (AvgIpc) is 3.27. The van der Waals surface area contributed by atoms with Crippen LogP contribution in [0.4, 0.5) is 10.1 Å². The molecule has 0 spiro atoms. The summed E-state index contributed by atoms with van der Waals surface area (Å²) >= 11 is 0. The molecule has 1 aliphatic heterocycles. The van der Waals surface area contributed by atoms with E-state index in [-0.39, 0.29) is 30.3 Å². The summed E-state index contributed by atoms with van der Waals surface area (Å²) in [6.45, 7) is 3.34. The molecule has 0 aliphatic carbocycles. The number of aromatic nitrogens is 1. The number of aromatic amines is 1. The van der Waals surface area contributed by atoms with Crippen LogP contribution in [0.25, 0.3) is 10.9 Å². The summed E-state index contributed by atoms with van der Waals surface area (Å²) in [6, 6.07) is 13.3. The van der Waals surface area contributed by atoms with Crippen molar-refractivity contribution in [3.63, 3.8) is 0 Å². The third-order valence-corrected chi connectivity index (χ3v) is 5.40. The Kier molecular flexibility index (Phi) is 5.11. The number of carbonyl (C=O) groups is 3. The van der Waals surface area contributed by atoms with Gasteiger partial charge in [-0.05, 0) is 32.0 Å². The molecule has 4 rings (SSSR count). The molecule has 1 aliphatic rings. The first-order valence-corrected chi connectivity index (χ1v) is 9.73. The first kappa shape index (κ1) is 19.8.